The first kappa shape index (κ1) is 19.8. The molecule has 0 spiro atoms. The maximum Gasteiger partial charge on any atom is 0.414 e. The van der Waals surface area contributed by atoms with E-state index in [9.17, 15) is 9.59 Å². The highest BCUT2D eigenvalue weighted by Crippen LogP contribution is 2.23. The lowest BCUT2D eigenvalue weighted by Gasteiger charge is -2.14. The minimum atomic E-state index is -0.386. The molecule has 0 radical (unpaired) electrons. The highest BCUT2D eigenvalue weighted by Gasteiger charge is 2.23. The SMILES string of the molecule is O=C(Nc1cccc(N2CCOC2=O)c1)c1cccc(OCc2cccc(Cl)c2)c1. The van der Waals surface area contributed by atoms with Crippen LogP contribution in [0.25, 0.3) is 0 Å². The fourth-order valence-electron chi connectivity index (χ4n) is 3.10. The second-order valence-corrected chi connectivity index (χ2v) is 7.15. The molecular weight excluding hydrogens is 404 g/mol. The summed E-state index contributed by atoms with van der Waals surface area (Å²) in [5.74, 6) is 0.306. The Labute approximate surface area is 179 Å². The second kappa shape index (κ2) is 8.88. The van der Waals surface area contributed by atoms with Crippen molar-refractivity contribution >= 4 is 35.0 Å². The Kier molecular flexibility index (Phi) is 5.86. The van der Waals surface area contributed by atoms with Gasteiger partial charge >= 0.3 is 6.09 Å². The Morgan fingerprint density at radius 2 is 1.90 bits per heavy atom. The predicted molar refractivity (Wildman–Crippen MR) is 115 cm³/mol. The van der Waals surface area contributed by atoms with E-state index in [-0.39, 0.29) is 12.0 Å². The van der Waals surface area contributed by atoms with Crippen molar-refractivity contribution in [3.63, 3.8) is 0 Å². The molecule has 0 aromatic heterocycles. The van der Waals surface area contributed by atoms with Gasteiger partial charge in [-0.15, -0.1) is 0 Å². The first-order valence-electron chi connectivity index (χ1n) is 9.41. The van der Waals surface area contributed by atoms with E-state index < -0.39 is 0 Å². The topological polar surface area (TPSA) is 67.9 Å². The number of carbonyl (C=O) groups is 2. The largest absolute Gasteiger partial charge is 0.489 e. The van der Waals surface area contributed by atoms with E-state index in [0.717, 1.165) is 5.56 Å². The Balaban J connectivity index is 1.42. The average Bonchev–Trinajstić information content (AvgIpc) is 3.19. The van der Waals surface area contributed by atoms with Gasteiger partial charge in [-0.3, -0.25) is 9.69 Å². The van der Waals surface area contributed by atoms with Crippen LogP contribution in [0.5, 0.6) is 5.75 Å². The zero-order valence-corrected chi connectivity index (χ0v) is 16.8. The number of benzene rings is 3. The molecule has 1 N–H and O–H groups in total. The molecule has 1 aliphatic rings. The Morgan fingerprint density at radius 3 is 2.70 bits per heavy atom. The summed E-state index contributed by atoms with van der Waals surface area (Å²) in [7, 11) is 0. The van der Waals surface area contributed by atoms with Gasteiger partial charge in [-0.25, -0.2) is 4.79 Å². The molecule has 0 bridgehead atoms. The number of anilines is 2. The predicted octanol–water partition coefficient (Wildman–Crippen LogP) is 5.13. The van der Waals surface area contributed by atoms with Crippen molar-refractivity contribution in [3.05, 3.63) is 88.9 Å². The monoisotopic (exact) mass is 422 g/mol. The van der Waals surface area contributed by atoms with E-state index in [2.05, 4.69) is 5.32 Å². The third-order valence-electron chi connectivity index (χ3n) is 4.57. The van der Waals surface area contributed by atoms with Crippen molar-refractivity contribution in [3.8, 4) is 5.75 Å². The molecule has 2 amide bonds. The number of halogens is 1. The van der Waals surface area contributed by atoms with Crippen LogP contribution in [-0.2, 0) is 11.3 Å². The molecule has 1 aliphatic heterocycles. The third-order valence-corrected chi connectivity index (χ3v) is 4.80. The van der Waals surface area contributed by atoms with Gasteiger partial charge in [-0.1, -0.05) is 35.9 Å². The molecule has 0 atom stereocenters. The zero-order valence-electron chi connectivity index (χ0n) is 16.0. The fraction of sp³-hybridized carbons (Fsp3) is 0.130. The Hall–Kier alpha value is -3.51. The highest BCUT2D eigenvalue weighted by atomic mass is 35.5. The smallest absolute Gasteiger partial charge is 0.414 e. The molecule has 152 valence electrons. The van der Waals surface area contributed by atoms with Crippen LogP contribution >= 0.6 is 11.6 Å². The zero-order chi connectivity index (χ0) is 20.9. The molecular formula is C23H19ClN2O4. The summed E-state index contributed by atoms with van der Waals surface area (Å²) in [6, 6.07) is 21.5. The average molecular weight is 423 g/mol. The van der Waals surface area contributed by atoms with Crippen molar-refractivity contribution < 1.29 is 19.1 Å². The molecule has 6 nitrogen and oxygen atoms in total. The molecule has 1 heterocycles. The van der Waals surface area contributed by atoms with Gasteiger partial charge < -0.3 is 14.8 Å². The maximum atomic E-state index is 12.7. The van der Waals surface area contributed by atoms with Crippen LogP contribution in [0, 0.1) is 0 Å². The van der Waals surface area contributed by atoms with Crippen LogP contribution in [-0.4, -0.2) is 25.2 Å². The van der Waals surface area contributed by atoms with E-state index in [4.69, 9.17) is 21.1 Å². The minimum absolute atomic E-state index is 0.274. The number of hydrogen-bond acceptors (Lipinski definition) is 4. The number of ether oxygens (including phenoxy) is 2. The number of carbonyl (C=O) groups excluding carboxylic acids is 2. The lowest BCUT2D eigenvalue weighted by Crippen LogP contribution is -2.23. The van der Waals surface area contributed by atoms with Crippen molar-refractivity contribution in [1.29, 1.82) is 0 Å². The summed E-state index contributed by atoms with van der Waals surface area (Å²) >= 11 is 5.99. The van der Waals surface area contributed by atoms with Crippen molar-refractivity contribution in [2.45, 2.75) is 6.61 Å². The number of nitrogens with one attached hydrogen (secondary N) is 1. The first-order chi connectivity index (χ1) is 14.6. The molecule has 1 fully saturated rings. The summed E-state index contributed by atoms with van der Waals surface area (Å²) < 4.78 is 10.8. The molecule has 7 heteroatoms. The first-order valence-corrected chi connectivity index (χ1v) is 9.79. The van der Waals surface area contributed by atoms with Crippen LogP contribution < -0.4 is 15.0 Å². The number of nitrogens with zero attached hydrogens (tertiary/aromatic N) is 1. The van der Waals surface area contributed by atoms with E-state index in [1.165, 1.54) is 4.90 Å². The quantitative estimate of drug-likeness (QED) is 0.598. The van der Waals surface area contributed by atoms with Crippen molar-refractivity contribution in [2.24, 2.45) is 0 Å². The van der Waals surface area contributed by atoms with Crippen molar-refractivity contribution in [2.75, 3.05) is 23.4 Å². The molecule has 3 aromatic carbocycles. The van der Waals surface area contributed by atoms with E-state index >= 15 is 0 Å². The number of hydrogen-bond donors (Lipinski definition) is 1. The highest BCUT2D eigenvalue weighted by molar-refractivity contribution is 6.30. The molecule has 0 unspecified atom stereocenters. The summed E-state index contributed by atoms with van der Waals surface area (Å²) in [6.45, 7) is 1.19. The number of rotatable bonds is 6. The maximum absolute atomic E-state index is 12.7. The fourth-order valence-corrected chi connectivity index (χ4v) is 3.32. The molecule has 4 rings (SSSR count). The van der Waals surface area contributed by atoms with Gasteiger partial charge in [-0.2, -0.15) is 0 Å². The molecule has 1 saturated heterocycles. The second-order valence-electron chi connectivity index (χ2n) is 6.72. The van der Waals surface area contributed by atoms with E-state index in [0.29, 0.717) is 47.5 Å². The number of amides is 2. The third kappa shape index (κ3) is 4.72. The molecule has 30 heavy (non-hydrogen) atoms. The van der Waals surface area contributed by atoms with Crippen LogP contribution in [0.4, 0.5) is 16.2 Å². The molecule has 0 aliphatic carbocycles. The minimum Gasteiger partial charge on any atom is -0.489 e. The Morgan fingerprint density at radius 1 is 1.07 bits per heavy atom. The lowest BCUT2D eigenvalue weighted by atomic mass is 10.2. The van der Waals surface area contributed by atoms with Crippen LogP contribution in [0.1, 0.15) is 15.9 Å². The lowest BCUT2D eigenvalue weighted by molar-refractivity contribution is 0.102. The summed E-state index contributed by atoms with van der Waals surface area (Å²) in [6.07, 6.45) is -0.386. The standard InChI is InChI=1S/C23H19ClN2O4/c24-18-6-1-4-16(12-18)15-30-21-9-2-5-17(13-21)22(27)25-19-7-3-8-20(14-19)26-10-11-29-23(26)28/h1-9,12-14H,10-11,15H2,(H,25,27). The normalized spacial score (nSPS) is 13.1. The molecule has 0 saturated carbocycles. The van der Waals surface area contributed by atoms with Crippen LogP contribution in [0.15, 0.2) is 72.8 Å². The van der Waals surface area contributed by atoms with Gasteiger partial charge in [0.25, 0.3) is 5.91 Å². The summed E-state index contributed by atoms with van der Waals surface area (Å²) in [5, 5.41) is 3.50. The number of cyclic esters (lactones) is 1. The van der Waals surface area contributed by atoms with E-state index in [1.54, 1.807) is 54.6 Å². The summed E-state index contributed by atoms with van der Waals surface area (Å²) in [4.78, 5) is 26.0. The van der Waals surface area contributed by atoms with Crippen LogP contribution in [0.2, 0.25) is 5.02 Å². The van der Waals surface area contributed by atoms with Gasteiger partial charge in [-0.05, 0) is 54.1 Å². The Bertz CT molecular complexity index is 1090. The van der Waals surface area contributed by atoms with Gasteiger partial charge in [0.05, 0.1) is 6.54 Å². The molecule has 3 aromatic rings. The van der Waals surface area contributed by atoms with Crippen molar-refractivity contribution in [1.82, 2.24) is 0 Å². The van der Waals surface area contributed by atoms with Gasteiger partial charge in [0, 0.05) is 22.0 Å². The van der Waals surface area contributed by atoms with Gasteiger partial charge in [0.1, 0.15) is 19.0 Å². The van der Waals surface area contributed by atoms with Gasteiger partial charge in [0.2, 0.25) is 0 Å². The van der Waals surface area contributed by atoms with Gasteiger partial charge in [0.15, 0.2) is 0 Å². The van der Waals surface area contributed by atoms with E-state index in [1.807, 2.05) is 18.2 Å². The summed E-state index contributed by atoms with van der Waals surface area (Å²) in [5.41, 5.74) is 2.66. The van der Waals surface area contributed by atoms with Crippen LogP contribution in [0.3, 0.4) is 0 Å².